The van der Waals surface area contributed by atoms with Crippen LogP contribution in [0.1, 0.15) is 16.1 Å². The highest BCUT2D eigenvalue weighted by atomic mass is 79.9. The van der Waals surface area contributed by atoms with Gasteiger partial charge < -0.3 is 5.32 Å². The smallest absolute Gasteiger partial charge is 0.275 e. The van der Waals surface area contributed by atoms with Crippen LogP contribution in [-0.2, 0) is 0 Å². The van der Waals surface area contributed by atoms with E-state index in [0.29, 0.717) is 10.2 Å². The van der Waals surface area contributed by atoms with Gasteiger partial charge in [-0.05, 0) is 52.7 Å². The van der Waals surface area contributed by atoms with Crippen LogP contribution < -0.4 is 5.32 Å². The maximum Gasteiger partial charge on any atom is 0.275 e. The molecule has 1 amide bonds. The summed E-state index contributed by atoms with van der Waals surface area (Å²) in [4.78, 5) is 16.1. The second-order valence-corrected chi connectivity index (χ2v) is 5.52. The second kappa shape index (κ2) is 5.63. The number of hydrogen-bond acceptors (Lipinski definition) is 2. The molecule has 0 spiro atoms. The molecule has 1 aromatic carbocycles. The van der Waals surface area contributed by atoms with Crippen LogP contribution in [0.5, 0.6) is 0 Å². The maximum atomic E-state index is 12.1. The highest BCUT2D eigenvalue weighted by molar-refractivity contribution is 9.10. The highest BCUT2D eigenvalue weighted by Crippen LogP contribution is 2.22. The Labute approximate surface area is 122 Å². The summed E-state index contributed by atoms with van der Waals surface area (Å²) in [5.74, 6) is -0.233. The summed E-state index contributed by atoms with van der Waals surface area (Å²) >= 11 is 6.69. The van der Waals surface area contributed by atoms with Crippen molar-refractivity contribution in [2.75, 3.05) is 5.32 Å². The van der Waals surface area contributed by atoms with Crippen LogP contribution in [0, 0.1) is 6.92 Å². The van der Waals surface area contributed by atoms with E-state index in [1.165, 1.54) is 0 Å². The zero-order chi connectivity index (χ0) is 13.1. The van der Waals surface area contributed by atoms with Crippen LogP contribution in [0.15, 0.2) is 45.5 Å². The van der Waals surface area contributed by atoms with E-state index in [-0.39, 0.29) is 5.91 Å². The van der Waals surface area contributed by atoms with Gasteiger partial charge in [0.25, 0.3) is 5.91 Å². The van der Waals surface area contributed by atoms with E-state index in [1.807, 2.05) is 25.1 Å². The number of benzene rings is 1. The molecule has 0 fully saturated rings. The molecule has 0 bridgehead atoms. The van der Waals surface area contributed by atoms with Gasteiger partial charge in [-0.2, -0.15) is 0 Å². The number of anilines is 1. The van der Waals surface area contributed by atoms with Gasteiger partial charge in [0, 0.05) is 20.8 Å². The predicted molar refractivity (Wildman–Crippen MR) is 78.8 cm³/mol. The van der Waals surface area contributed by atoms with Gasteiger partial charge in [-0.1, -0.05) is 22.0 Å². The lowest BCUT2D eigenvalue weighted by molar-refractivity contribution is 0.102. The first-order chi connectivity index (χ1) is 8.58. The van der Waals surface area contributed by atoms with Gasteiger partial charge in [0.15, 0.2) is 0 Å². The summed E-state index contributed by atoms with van der Waals surface area (Å²) in [6.45, 7) is 1.94. The average Bonchev–Trinajstić information content (AvgIpc) is 2.34. The van der Waals surface area contributed by atoms with Crippen LogP contribution >= 0.6 is 31.9 Å². The fourth-order valence-corrected chi connectivity index (χ4v) is 2.26. The molecule has 1 N–H and O–H groups in total. The minimum atomic E-state index is -0.233. The Balaban J connectivity index is 2.27. The van der Waals surface area contributed by atoms with Crippen molar-refractivity contribution in [2.24, 2.45) is 0 Å². The zero-order valence-electron chi connectivity index (χ0n) is 9.58. The Morgan fingerprint density at radius 2 is 2.06 bits per heavy atom. The van der Waals surface area contributed by atoms with Gasteiger partial charge in [-0.3, -0.25) is 4.79 Å². The zero-order valence-corrected chi connectivity index (χ0v) is 12.7. The average molecular weight is 370 g/mol. The third-order valence-electron chi connectivity index (χ3n) is 2.42. The number of halogens is 2. The number of aryl methyl sites for hydroxylation is 1. The molecule has 2 rings (SSSR count). The van der Waals surface area contributed by atoms with Crippen LogP contribution in [0.2, 0.25) is 0 Å². The Bertz CT molecular complexity index is 599. The number of amides is 1. The number of nitrogens with one attached hydrogen (secondary N) is 1. The quantitative estimate of drug-likeness (QED) is 0.863. The molecule has 3 nitrogen and oxygen atoms in total. The van der Waals surface area contributed by atoms with Gasteiger partial charge in [-0.25, -0.2) is 4.98 Å². The van der Waals surface area contributed by atoms with Crippen molar-refractivity contribution in [3.63, 3.8) is 0 Å². The predicted octanol–water partition coefficient (Wildman–Crippen LogP) is 4.17. The molecule has 0 aliphatic heterocycles. The molecule has 0 saturated carbocycles. The summed E-state index contributed by atoms with van der Waals surface area (Å²) in [7, 11) is 0. The number of pyridine rings is 1. The topological polar surface area (TPSA) is 42.0 Å². The summed E-state index contributed by atoms with van der Waals surface area (Å²) < 4.78 is 1.60. The highest BCUT2D eigenvalue weighted by Gasteiger charge is 2.12. The van der Waals surface area contributed by atoms with E-state index in [9.17, 15) is 4.79 Å². The molecule has 0 atom stereocenters. The molecular weight excluding hydrogens is 360 g/mol. The minimum Gasteiger partial charge on any atom is -0.320 e. The van der Waals surface area contributed by atoms with Crippen molar-refractivity contribution in [1.82, 2.24) is 4.98 Å². The first-order valence-corrected chi connectivity index (χ1v) is 6.84. The van der Waals surface area contributed by atoms with Crippen LogP contribution in [-0.4, -0.2) is 10.9 Å². The molecule has 0 radical (unpaired) electrons. The molecule has 0 saturated heterocycles. The fraction of sp³-hybridized carbons (Fsp3) is 0.0769. The normalized spacial score (nSPS) is 10.2. The number of aromatic nitrogens is 1. The summed E-state index contributed by atoms with van der Waals surface area (Å²) in [5, 5.41) is 2.85. The molecule has 5 heteroatoms. The lowest BCUT2D eigenvalue weighted by Gasteiger charge is -2.09. The van der Waals surface area contributed by atoms with Crippen molar-refractivity contribution in [1.29, 1.82) is 0 Å². The van der Waals surface area contributed by atoms with E-state index in [0.717, 1.165) is 15.7 Å². The lowest BCUT2D eigenvalue weighted by atomic mass is 10.2. The molecular formula is C13H10Br2N2O. The molecule has 1 aromatic heterocycles. The van der Waals surface area contributed by atoms with Crippen molar-refractivity contribution in [3.05, 3.63) is 56.7 Å². The summed E-state index contributed by atoms with van der Waals surface area (Å²) in [6.07, 6.45) is 1.59. The van der Waals surface area contributed by atoms with Crippen molar-refractivity contribution in [3.8, 4) is 0 Å². The van der Waals surface area contributed by atoms with Gasteiger partial charge in [0.05, 0.1) is 0 Å². The Morgan fingerprint density at radius 3 is 2.78 bits per heavy atom. The molecule has 2 aromatic rings. The largest absolute Gasteiger partial charge is 0.320 e. The molecule has 0 unspecified atom stereocenters. The standard InChI is InChI=1S/C13H10Br2N2O/c1-8-4-5-9(14)7-11(8)17-13(18)12-10(15)3-2-6-16-12/h2-7H,1H3,(H,17,18). The Kier molecular flexibility index (Phi) is 4.14. The number of carbonyl (C=O) groups is 1. The second-order valence-electron chi connectivity index (χ2n) is 3.75. The first-order valence-electron chi connectivity index (χ1n) is 5.26. The Hall–Kier alpha value is -1.20. The lowest BCUT2D eigenvalue weighted by Crippen LogP contribution is -2.15. The van der Waals surface area contributed by atoms with E-state index in [4.69, 9.17) is 0 Å². The maximum absolute atomic E-state index is 12.1. The molecule has 0 aliphatic rings. The van der Waals surface area contributed by atoms with E-state index >= 15 is 0 Å². The molecule has 18 heavy (non-hydrogen) atoms. The van der Waals surface area contributed by atoms with Crippen molar-refractivity contribution in [2.45, 2.75) is 6.92 Å². The first kappa shape index (κ1) is 13.2. The summed E-state index contributed by atoms with van der Waals surface area (Å²) in [5.41, 5.74) is 2.14. The number of rotatable bonds is 2. The number of carbonyl (C=O) groups excluding carboxylic acids is 1. The van der Waals surface area contributed by atoms with Gasteiger partial charge >= 0.3 is 0 Å². The van der Waals surface area contributed by atoms with Crippen LogP contribution in [0.3, 0.4) is 0 Å². The van der Waals surface area contributed by atoms with Gasteiger partial charge in [-0.15, -0.1) is 0 Å². The summed E-state index contributed by atoms with van der Waals surface area (Å²) in [6, 6.07) is 9.29. The van der Waals surface area contributed by atoms with Crippen molar-refractivity contribution >= 4 is 43.5 Å². The monoisotopic (exact) mass is 368 g/mol. The fourth-order valence-electron chi connectivity index (χ4n) is 1.46. The SMILES string of the molecule is Cc1ccc(Br)cc1NC(=O)c1ncccc1Br. The number of nitrogens with zero attached hydrogens (tertiary/aromatic N) is 1. The van der Waals surface area contributed by atoms with Crippen LogP contribution in [0.25, 0.3) is 0 Å². The van der Waals surface area contributed by atoms with Gasteiger partial charge in [0.2, 0.25) is 0 Å². The minimum absolute atomic E-state index is 0.233. The van der Waals surface area contributed by atoms with E-state index in [1.54, 1.807) is 18.3 Å². The third-order valence-corrected chi connectivity index (χ3v) is 3.55. The van der Waals surface area contributed by atoms with E-state index in [2.05, 4.69) is 42.2 Å². The van der Waals surface area contributed by atoms with Crippen LogP contribution in [0.4, 0.5) is 5.69 Å². The Morgan fingerprint density at radius 1 is 1.28 bits per heavy atom. The molecule has 0 aliphatic carbocycles. The van der Waals surface area contributed by atoms with Gasteiger partial charge in [0.1, 0.15) is 5.69 Å². The number of hydrogen-bond donors (Lipinski definition) is 1. The van der Waals surface area contributed by atoms with Crippen molar-refractivity contribution < 1.29 is 4.79 Å². The molecule has 1 heterocycles. The third kappa shape index (κ3) is 2.97. The molecule has 92 valence electrons. The van der Waals surface area contributed by atoms with E-state index < -0.39 is 0 Å².